The number of nitrogens with zero attached hydrogens (tertiary/aromatic N) is 2. The van der Waals surface area contributed by atoms with E-state index in [1.807, 2.05) is 25.1 Å². The van der Waals surface area contributed by atoms with Gasteiger partial charge in [0.25, 0.3) is 11.8 Å². The highest BCUT2D eigenvalue weighted by atomic mass is 16.5. The summed E-state index contributed by atoms with van der Waals surface area (Å²) in [5, 5.41) is 9.87. The topological polar surface area (TPSA) is 96.5 Å². The van der Waals surface area contributed by atoms with Gasteiger partial charge < -0.3 is 19.7 Å². The molecule has 3 heterocycles. The summed E-state index contributed by atoms with van der Waals surface area (Å²) in [4.78, 5) is 27.3. The number of hydrogen-bond acceptors (Lipinski definition) is 5. The molecule has 0 aliphatic carbocycles. The van der Waals surface area contributed by atoms with Gasteiger partial charge in [-0.1, -0.05) is 19.1 Å². The summed E-state index contributed by atoms with van der Waals surface area (Å²) >= 11 is 0. The molecule has 2 N–H and O–H groups in total. The molecule has 2 aliphatic heterocycles. The molecule has 1 aromatic heterocycles. The van der Waals surface area contributed by atoms with Crippen LogP contribution < -0.4 is 15.0 Å². The van der Waals surface area contributed by atoms with Gasteiger partial charge in [-0.25, -0.2) is 0 Å². The van der Waals surface area contributed by atoms with Crippen molar-refractivity contribution in [2.45, 2.75) is 44.9 Å². The predicted octanol–water partition coefficient (Wildman–Crippen LogP) is 1.80. The van der Waals surface area contributed by atoms with Crippen LogP contribution in [0, 0.1) is 0 Å². The number of carbonyl (C=O) groups excluding carboxylic acids is 2. The van der Waals surface area contributed by atoms with E-state index >= 15 is 0 Å². The van der Waals surface area contributed by atoms with Gasteiger partial charge in [0, 0.05) is 19.0 Å². The number of rotatable bonds is 3. The quantitative estimate of drug-likeness (QED) is 0.841. The smallest absolute Gasteiger partial charge is 0.272 e. The highest BCUT2D eigenvalue weighted by molar-refractivity contribution is 6.03. The number of anilines is 1. The summed E-state index contributed by atoms with van der Waals surface area (Å²) < 4.78 is 11.6. The lowest BCUT2D eigenvalue weighted by atomic mass is 9.90. The molecule has 2 atom stereocenters. The fourth-order valence-electron chi connectivity index (χ4n) is 3.58. The van der Waals surface area contributed by atoms with Crippen molar-refractivity contribution in [3.8, 4) is 5.75 Å². The molecular weight excluding hydrogens is 360 g/mol. The number of ether oxygens (including phenoxy) is 2. The first kappa shape index (κ1) is 18.5. The highest BCUT2D eigenvalue weighted by Gasteiger charge is 2.36. The Morgan fingerprint density at radius 3 is 3.00 bits per heavy atom. The normalized spacial score (nSPS) is 24.0. The molecule has 0 unspecified atom stereocenters. The second kappa shape index (κ2) is 6.94. The van der Waals surface area contributed by atoms with Gasteiger partial charge in [-0.3, -0.25) is 14.7 Å². The monoisotopic (exact) mass is 384 g/mol. The number of aromatic amines is 1. The molecule has 0 saturated carbocycles. The summed E-state index contributed by atoms with van der Waals surface area (Å²) in [5.41, 5.74) is 2.33. The van der Waals surface area contributed by atoms with E-state index in [1.54, 1.807) is 13.1 Å². The Labute approximate surface area is 163 Å². The standard InChI is InChI=1S/C20H24N4O4/c1-4-20(2)9-12-13(11-28-20)22-23-17(12)18(25)21-14-10-27-16-8-6-5-7-15(16)24(3)19(14)26/h5-8,14H,4,9-11H2,1-3H3,(H,21,25)(H,22,23)/t14-,20-/m0/s1. The van der Waals surface area contributed by atoms with E-state index in [0.717, 1.165) is 17.7 Å². The van der Waals surface area contributed by atoms with E-state index in [-0.39, 0.29) is 24.0 Å². The molecule has 0 spiro atoms. The van der Waals surface area contributed by atoms with Crippen LogP contribution in [0.25, 0.3) is 0 Å². The van der Waals surface area contributed by atoms with Gasteiger partial charge in [0.05, 0.1) is 23.6 Å². The van der Waals surface area contributed by atoms with Crippen molar-refractivity contribution in [2.75, 3.05) is 18.6 Å². The highest BCUT2D eigenvalue weighted by Crippen LogP contribution is 2.32. The number of H-pyrrole nitrogens is 1. The number of amides is 2. The molecule has 2 aromatic rings. The predicted molar refractivity (Wildman–Crippen MR) is 102 cm³/mol. The van der Waals surface area contributed by atoms with Crippen LogP contribution in [0.4, 0.5) is 5.69 Å². The fraction of sp³-hybridized carbons (Fsp3) is 0.450. The van der Waals surface area contributed by atoms with Gasteiger partial charge in [-0.15, -0.1) is 0 Å². The minimum absolute atomic E-state index is 0.0638. The van der Waals surface area contributed by atoms with Gasteiger partial charge in [-0.2, -0.15) is 5.10 Å². The maximum atomic E-state index is 12.9. The van der Waals surface area contributed by atoms with Crippen LogP contribution in [0.5, 0.6) is 5.75 Å². The van der Waals surface area contributed by atoms with E-state index in [9.17, 15) is 9.59 Å². The van der Waals surface area contributed by atoms with Crippen molar-refractivity contribution in [3.05, 3.63) is 41.2 Å². The van der Waals surface area contributed by atoms with Crippen molar-refractivity contribution >= 4 is 17.5 Å². The van der Waals surface area contributed by atoms with E-state index in [4.69, 9.17) is 9.47 Å². The third-order valence-corrected chi connectivity index (χ3v) is 5.60. The number of aromatic nitrogens is 2. The zero-order valence-electron chi connectivity index (χ0n) is 16.2. The van der Waals surface area contributed by atoms with Gasteiger partial charge in [0.2, 0.25) is 0 Å². The number of benzene rings is 1. The molecule has 8 heteroatoms. The summed E-state index contributed by atoms with van der Waals surface area (Å²) in [7, 11) is 1.68. The lowest BCUT2D eigenvalue weighted by molar-refractivity contribution is -0.120. The van der Waals surface area contributed by atoms with Crippen LogP contribution in [0.1, 0.15) is 42.0 Å². The van der Waals surface area contributed by atoms with Crippen LogP contribution in [0.2, 0.25) is 0 Å². The minimum atomic E-state index is -0.797. The van der Waals surface area contributed by atoms with Gasteiger partial charge in [-0.05, 0) is 25.5 Å². The maximum Gasteiger partial charge on any atom is 0.272 e. The van der Waals surface area contributed by atoms with Crippen molar-refractivity contribution in [1.82, 2.24) is 15.5 Å². The second-order valence-electron chi connectivity index (χ2n) is 7.50. The Bertz CT molecular complexity index is 925. The minimum Gasteiger partial charge on any atom is -0.489 e. The fourth-order valence-corrected chi connectivity index (χ4v) is 3.58. The van der Waals surface area contributed by atoms with Crippen LogP contribution in [-0.4, -0.2) is 47.3 Å². The molecule has 0 fully saturated rings. The first-order valence-electron chi connectivity index (χ1n) is 9.42. The lowest BCUT2D eigenvalue weighted by Crippen LogP contribution is -2.49. The average Bonchev–Trinajstić information content (AvgIpc) is 3.08. The molecule has 0 saturated heterocycles. The maximum absolute atomic E-state index is 12.9. The third-order valence-electron chi connectivity index (χ3n) is 5.60. The average molecular weight is 384 g/mol. The Balaban J connectivity index is 1.54. The molecule has 28 heavy (non-hydrogen) atoms. The third kappa shape index (κ3) is 3.13. The molecule has 1 aromatic carbocycles. The Morgan fingerprint density at radius 2 is 2.21 bits per heavy atom. The summed E-state index contributed by atoms with van der Waals surface area (Å²) in [5.74, 6) is -0.00768. The second-order valence-corrected chi connectivity index (χ2v) is 7.50. The molecule has 2 amide bonds. The van der Waals surface area contributed by atoms with Crippen LogP contribution in [0.15, 0.2) is 24.3 Å². The number of fused-ring (bicyclic) bond motifs is 2. The molecule has 148 valence electrons. The SMILES string of the molecule is CC[C@@]1(C)Cc2c(C(=O)N[C@H]3COc4ccccc4N(C)C3=O)n[nH]c2CO1. The van der Waals surface area contributed by atoms with Crippen molar-refractivity contribution < 1.29 is 19.1 Å². The Kier molecular flexibility index (Phi) is 4.58. The van der Waals surface area contributed by atoms with E-state index < -0.39 is 6.04 Å². The molecule has 0 bridgehead atoms. The van der Waals surface area contributed by atoms with Crippen LogP contribution in [0.3, 0.4) is 0 Å². The first-order valence-corrected chi connectivity index (χ1v) is 9.42. The van der Waals surface area contributed by atoms with E-state index in [2.05, 4.69) is 22.4 Å². The van der Waals surface area contributed by atoms with Crippen LogP contribution in [-0.2, 0) is 22.6 Å². The van der Waals surface area contributed by atoms with Crippen LogP contribution >= 0.6 is 0 Å². The number of likely N-dealkylation sites (N-methyl/N-ethyl adjacent to an activating group) is 1. The van der Waals surface area contributed by atoms with Gasteiger partial charge in [0.1, 0.15) is 18.4 Å². The molecule has 0 radical (unpaired) electrons. The lowest BCUT2D eigenvalue weighted by Gasteiger charge is -2.32. The zero-order chi connectivity index (χ0) is 19.9. The van der Waals surface area contributed by atoms with Crippen molar-refractivity contribution in [2.24, 2.45) is 0 Å². The number of nitrogens with one attached hydrogen (secondary N) is 2. The largest absolute Gasteiger partial charge is 0.489 e. The molecule has 4 rings (SSSR count). The molecule has 8 nitrogen and oxygen atoms in total. The van der Waals surface area contributed by atoms with E-state index in [1.165, 1.54) is 4.90 Å². The Hall–Kier alpha value is -2.87. The summed E-state index contributed by atoms with van der Waals surface area (Å²) in [6.45, 7) is 4.54. The molecular formula is C20H24N4O4. The number of hydrogen-bond donors (Lipinski definition) is 2. The first-order chi connectivity index (χ1) is 13.4. The van der Waals surface area contributed by atoms with Crippen molar-refractivity contribution in [3.63, 3.8) is 0 Å². The zero-order valence-corrected chi connectivity index (χ0v) is 16.2. The van der Waals surface area contributed by atoms with Gasteiger partial charge >= 0.3 is 0 Å². The van der Waals surface area contributed by atoms with Crippen molar-refractivity contribution in [1.29, 1.82) is 0 Å². The number of para-hydroxylation sites is 2. The summed E-state index contributed by atoms with van der Waals surface area (Å²) in [6.07, 6.45) is 1.43. The van der Waals surface area contributed by atoms with E-state index in [0.29, 0.717) is 30.2 Å². The Morgan fingerprint density at radius 1 is 1.43 bits per heavy atom. The summed E-state index contributed by atoms with van der Waals surface area (Å²) in [6, 6.07) is 6.51. The number of carbonyl (C=O) groups is 2. The molecule has 2 aliphatic rings. The van der Waals surface area contributed by atoms with Gasteiger partial charge in [0.15, 0.2) is 5.69 Å².